The van der Waals surface area contributed by atoms with Crippen molar-refractivity contribution in [3.05, 3.63) is 23.8 Å². The van der Waals surface area contributed by atoms with Crippen molar-refractivity contribution in [3.63, 3.8) is 0 Å². The van der Waals surface area contributed by atoms with Crippen LogP contribution in [-0.4, -0.2) is 18.5 Å². The maximum atomic E-state index is 11.7. The average molecular weight is 229 g/mol. The molecular formula is C13H15N3O. The molecule has 0 saturated carbocycles. The van der Waals surface area contributed by atoms with E-state index in [1.165, 1.54) is 0 Å². The van der Waals surface area contributed by atoms with Crippen LogP contribution in [0.15, 0.2) is 18.2 Å². The second-order valence-corrected chi connectivity index (χ2v) is 4.23. The van der Waals surface area contributed by atoms with Crippen molar-refractivity contribution >= 4 is 17.3 Å². The molecule has 0 radical (unpaired) electrons. The summed E-state index contributed by atoms with van der Waals surface area (Å²) in [6, 6.07) is 7.63. The Hall–Kier alpha value is -2.02. The predicted octanol–water partition coefficient (Wildman–Crippen LogP) is 2.12. The Kier molecular flexibility index (Phi) is 3.01. The van der Waals surface area contributed by atoms with Gasteiger partial charge in [-0.2, -0.15) is 5.26 Å². The van der Waals surface area contributed by atoms with Crippen molar-refractivity contribution in [2.24, 2.45) is 0 Å². The van der Waals surface area contributed by atoms with Gasteiger partial charge in [0, 0.05) is 19.0 Å². The molecule has 1 aromatic rings. The van der Waals surface area contributed by atoms with Gasteiger partial charge >= 0.3 is 0 Å². The third kappa shape index (κ3) is 2.09. The first-order valence-electron chi connectivity index (χ1n) is 5.76. The highest BCUT2D eigenvalue weighted by atomic mass is 16.1. The summed E-state index contributed by atoms with van der Waals surface area (Å²) in [6.45, 7) is 4.89. The number of carbonyl (C=O) groups excluding carboxylic acids is 1. The number of nitrogens with one attached hydrogen (secondary N) is 1. The summed E-state index contributed by atoms with van der Waals surface area (Å²) in [5.74, 6) is 0.0272. The lowest BCUT2D eigenvalue weighted by atomic mass is 10.1. The Morgan fingerprint density at radius 3 is 3.00 bits per heavy atom. The highest BCUT2D eigenvalue weighted by Crippen LogP contribution is 2.31. The normalized spacial score (nSPS) is 19.0. The Labute approximate surface area is 101 Å². The predicted molar refractivity (Wildman–Crippen MR) is 66.9 cm³/mol. The van der Waals surface area contributed by atoms with E-state index in [1.807, 2.05) is 13.0 Å². The first kappa shape index (κ1) is 11.5. The van der Waals surface area contributed by atoms with Crippen LogP contribution in [0.5, 0.6) is 0 Å². The van der Waals surface area contributed by atoms with Gasteiger partial charge in [-0.3, -0.25) is 4.79 Å². The quantitative estimate of drug-likeness (QED) is 0.802. The number of rotatable bonds is 1. The topological polar surface area (TPSA) is 56.1 Å². The standard InChI is InChI=1S/C13H15N3O/c1-3-16-9(2)6-13(17)15-11-5-4-10(8-14)7-12(11)16/h4-5,7,9H,3,6H2,1-2H3,(H,15,17). The molecule has 1 amide bonds. The van der Waals surface area contributed by atoms with Gasteiger partial charge in [-0.1, -0.05) is 0 Å². The van der Waals surface area contributed by atoms with Crippen LogP contribution in [0.25, 0.3) is 0 Å². The van der Waals surface area contributed by atoms with Crippen LogP contribution in [0.3, 0.4) is 0 Å². The van der Waals surface area contributed by atoms with Crippen LogP contribution < -0.4 is 10.2 Å². The number of benzene rings is 1. The zero-order valence-electron chi connectivity index (χ0n) is 10.0. The molecule has 0 saturated heterocycles. The van der Waals surface area contributed by atoms with Crippen LogP contribution in [-0.2, 0) is 4.79 Å². The fourth-order valence-electron chi connectivity index (χ4n) is 2.24. The van der Waals surface area contributed by atoms with E-state index in [9.17, 15) is 4.79 Å². The number of nitriles is 1. The van der Waals surface area contributed by atoms with Crippen molar-refractivity contribution < 1.29 is 4.79 Å². The minimum absolute atomic E-state index is 0.0272. The highest BCUT2D eigenvalue weighted by Gasteiger charge is 2.24. The molecular weight excluding hydrogens is 214 g/mol. The average Bonchev–Trinajstić information content (AvgIpc) is 2.42. The molecule has 88 valence electrons. The molecule has 1 aromatic carbocycles. The minimum atomic E-state index is 0.0272. The van der Waals surface area contributed by atoms with E-state index in [0.29, 0.717) is 12.0 Å². The van der Waals surface area contributed by atoms with Gasteiger partial charge in [-0.05, 0) is 32.0 Å². The lowest BCUT2D eigenvalue weighted by molar-refractivity contribution is -0.116. The Balaban J connectivity index is 2.53. The van der Waals surface area contributed by atoms with Gasteiger partial charge in [-0.25, -0.2) is 0 Å². The van der Waals surface area contributed by atoms with Gasteiger partial charge in [0.15, 0.2) is 0 Å². The van der Waals surface area contributed by atoms with Crippen LogP contribution >= 0.6 is 0 Å². The van der Waals surface area contributed by atoms with Crippen LogP contribution in [0.4, 0.5) is 11.4 Å². The number of amides is 1. The summed E-state index contributed by atoms with van der Waals surface area (Å²) >= 11 is 0. The van der Waals surface area contributed by atoms with Crippen molar-refractivity contribution in [1.29, 1.82) is 5.26 Å². The summed E-state index contributed by atoms with van der Waals surface area (Å²) in [7, 11) is 0. The van der Waals surface area contributed by atoms with Crippen LogP contribution in [0.2, 0.25) is 0 Å². The molecule has 0 aromatic heterocycles. The molecule has 1 N–H and O–H groups in total. The van der Waals surface area contributed by atoms with E-state index >= 15 is 0 Å². The van der Waals surface area contributed by atoms with E-state index < -0.39 is 0 Å². The molecule has 1 heterocycles. The molecule has 0 bridgehead atoms. The zero-order chi connectivity index (χ0) is 12.4. The Bertz CT molecular complexity index is 490. The SMILES string of the molecule is CCN1c2cc(C#N)ccc2NC(=O)CC1C. The molecule has 4 nitrogen and oxygen atoms in total. The maximum absolute atomic E-state index is 11.7. The fourth-order valence-corrected chi connectivity index (χ4v) is 2.24. The molecule has 1 aliphatic heterocycles. The third-order valence-corrected chi connectivity index (χ3v) is 3.06. The van der Waals surface area contributed by atoms with Gasteiger partial charge in [0.1, 0.15) is 0 Å². The Morgan fingerprint density at radius 1 is 1.59 bits per heavy atom. The number of anilines is 2. The summed E-state index contributed by atoms with van der Waals surface area (Å²) in [4.78, 5) is 13.8. The molecule has 0 aliphatic carbocycles. The first-order chi connectivity index (χ1) is 8.15. The lowest BCUT2D eigenvalue weighted by Crippen LogP contribution is -2.33. The molecule has 0 fully saturated rings. The van der Waals surface area contributed by atoms with Gasteiger partial charge in [0.2, 0.25) is 5.91 Å². The summed E-state index contributed by atoms with van der Waals surface area (Å²) in [5.41, 5.74) is 2.34. The van der Waals surface area contributed by atoms with Crippen molar-refractivity contribution in [2.45, 2.75) is 26.3 Å². The smallest absolute Gasteiger partial charge is 0.226 e. The maximum Gasteiger partial charge on any atom is 0.226 e. The number of carbonyl (C=O) groups is 1. The molecule has 2 rings (SSSR count). The molecule has 1 unspecified atom stereocenters. The van der Waals surface area contributed by atoms with Crippen LogP contribution in [0.1, 0.15) is 25.8 Å². The van der Waals surface area contributed by atoms with Crippen molar-refractivity contribution in [2.75, 3.05) is 16.8 Å². The van der Waals surface area contributed by atoms with Crippen LogP contribution in [0, 0.1) is 11.3 Å². The first-order valence-corrected chi connectivity index (χ1v) is 5.76. The van der Waals surface area contributed by atoms with Gasteiger partial charge in [0.25, 0.3) is 0 Å². The van der Waals surface area contributed by atoms with Crippen molar-refractivity contribution in [3.8, 4) is 6.07 Å². The largest absolute Gasteiger partial charge is 0.367 e. The lowest BCUT2D eigenvalue weighted by Gasteiger charge is -2.28. The molecule has 0 spiro atoms. The number of fused-ring (bicyclic) bond motifs is 1. The van der Waals surface area contributed by atoms with E-state index in [1.54, 1.807) is 12.1 Å². The van der Waals surface area contributed by atoms with E-state index in [2.05, 4.69) is 23.2 Å². The summed E-state index contributed by atoms with van der Waals surface area (Å²) in [5, 5.41) is 11.8. The van der Waals surface area contributed by atoms with Gasteiger partial charge in [0.05, 0.1) is 23.0 Å². The molecule has 1 atom stereocenters. The zero-order valence-corrected chi connectivity index (χ0v) is 10.0. The minimum Gasteiger partial charge on any atom is -0.367 e. The second-order valence-electron chi connectivity index (χ2n) is 4.23. The van der Waals surface area contributed by atoms with E-state index in [-0.39, 0.29) is 11.9 Å². The Morgan fingerprint density at radius 2 is 2.35 bits per heavy atom. The monoisotopic (exact) mass is 229 g/mol. The summed E-state index contributed by atoms with van der Waals surface area (Å²) < 4.78 is 0. The van der Waals surface area contributed by atoms with Gasteiger partial charge in [-0.15, -0.1) is 0 Å². The molecule has 17 heavy (non-hydrogen) atoms. The second kappa shape index (κ2) is 4.46. The van der Waals surface area contributed by atoms with E-state index in [4.69, 9.17) is 5.26 Å². The third-order valence-electron chi connectivity index (χ3n) is 3.06. The number of hydrogen-bond acceptors (Lipinski definition) is 3. The number of hydrogen-bond donors (Lipinski definition) is 1. The van der Waals surface area contributed by atoms with Gasteiger partial charge < -0.3 is 10.2 Å². The molecule has 4 heteroatoms. The van der Waals surface area contributed by atoms with Crippen molar-refractivity contribution in [1.82, 2.24) is 0 Å². The highest BCUT2D eigenvalue weighted by molar-refractivity contribution is 5.96. The van der Waals surface area contributed by atoms with E-state index in [0.717, 1.165) is 17.9 Å². The summed E-state index contributed by atoms with van der Waals surface area (Å²) in [6.07, 6.45) is 0.477. The number of nitrogens with zero attached hydrogens (tertiary/aromatic N) is 2. The fraction of sp³-hybridized carbons (Fsp3) is 0.385. The molecule has 1 aliphatic rings.